The number of aromatic nitrogens is 2. The van der Waals surface area contributed by atoms with E-state index in [1.54, 1.807) is 4.90 Å². The van der Waals surface area contributed by atoms with Gasteiger partial charge in [-0.05, 0) is 43.7 Å². The number of nitrogens with zero attached hydrogens (tertiary/aromatic N) is 3. The number of benzene rings is 2. The lowest BCUT2D eigenvalue weighted by Crippen LogP contribution is -2.40. The molecule has 1 aliphatic carbocycles. The number of hydrogen-bond donors (Lipinski definition) is 1. The molecule has 1 aliphatic rings. The van der Waals surface area contributed by atoms with Crippen molar-refractivity contribution < 1.29 is 19.1 Å². The number of amides is 1. The number of ether oxygens (including phenoxy) is 1. The Morgan fingerprint density at radius 1 is 1.03 bits per heavy atom. The lowest BCUT2D eigenvalue weighted by Gasteiger charge is -2.34. The molecule has 1 fully saturated rings. The molecule has 1 aromatic heterocycles. The lowest BCUT2D eigenvalue weighted by atomic mass is 9.85. The standard InChI is InChI=1S/C25H29N3O4/c1-18(31-17-20-10-6-3-7-11-20)23-26-27-24(32-23)21-12-14-22(15-13-21)28(25(29)30)16-19-8-4-2-5-9-19/h2-11,18,21-22H,12-17H2,1H3,(H,29,30)/t18-,21-,22-/m1/s1. The highest BCUT2D eigenvalue weighted by Crippen LogP contribution is 2.35. The van der Waals surface area contributed by atoms with E-state index >= 15 is 0 Å². The summed E-state index contributed by atoms with van der Waals surface area (Å²) in [7, 11) is 0. The maximum absolute atomic E-state index is 11.9. The van der Waals surface area contributed by atoms with Crippen LogP contribution in [0.5, 0.6) is 0 Å². The molecule has 0 spiro atoms. The molecule has 3 aromatic rings. The van der Waals surface area contributed by atoms with Crippen molar-refractivity contribution in [3.05, 3.63) is 83.6 Å². The van der Waals surface area contributed by atoms with Gasteiger partial charge in [0, 0.05) is 18.5 Å². The lowest BCUT2D eigenvalue weighted by molar-refractivity contribution is 0.0332. The van der Waals surface area contributed by atoms with Crippen molar-refractivity contribution >= 4 is 6.09 Å². The molecule has 4 rings (SSSR count). The average molecular weight is 436 g/mol. The largest absolute Gasteiger partial charge is 0.465 e. The summed E-state index contributed by atoms with van der Waals surface area (Å²) in [5.41, 5.74) is 2.10. The SMILES string of the molecule is C[C@@H](OCc1ccccc1)c1nnc([C@H]2CC[C@H](N(Cc3ccccc3)C(=O)O)CC2)o1. The molecule has 32 heavy (non-hydrogen) atoms. The molecule has 1 N–H and O–H groups in total. The monoisotopic (exact) mass is 435 g/mol. The molecule has 7 heteroatoms. The summed E-state index contributed by atoms with van der Waals surface area (Å²) in [5.74, 6) is 1.26. The van der Waals surface area contributed by atoms with Gasteiger partial charge in [0.2, 0.25) is 11.8 Å². The van der Waals surface area contributed by atoms with Crippen LogP contribution in [0.25, 0.3) is 0 Å². The predicted octanol–water partition coefficient (Wildman–Crippen LogP) is 5.55. The molecule has 1 amide bonds. The third-order valence-corrected chi connectivity index (χ3v) is 6.08. The quantitative estimate of drug-likeness (QED) is 0.499. The second-order valence-electron chi connectivity index (χ2n) is 8.32. The van der Waals surface area contributed by atoms with Crippen molar-refractivity contribution in [3.63, 3.8) is 0 Å². The summed E-state index contributed by atoms with van der Waals surface area (Å²) in [5, 5.41) is 18.2. The van der Waals surface area contributed by atoms with Gasteiger partial charge in [0.15, 0.2) is 0 Å². The highest BCUT2D eigenvalue weighted by molar-refractivity contribution is 5.65. The summed E-state index contributed by atoms with van der Waals surface area (Å²) in [6, 6.07) is 19.7. The number of carbonyl (C=O) groups is 1. The number of hydrogen-bond acceptors (Lipinski definition) is 5. The van der Waals surface area contributed by atoms with Crippen molar-refractivity contribution in [2.45, 2.75) is 63.8 Å². The molecule has 2 aromatic carbocycles. The molecule has 0 aliphatic heterocycles. The van der Waals surface area contributed by atoms with Crippen molar-refractivity contribution in [1.82, 2.24) is 15.1 Å². The van der Waals surface area contributed by atoms with Gasteiger partial charge in [-0.3, -0.25) is 0 Å². The summed E-state index contributed by atoms with van der Waals surface area (Å²) in [6.45, 7) is 2.80. The van der Waals surface area contributed by atoms with Crippen LogP contribution in [-0.4, -0.2) is 32.3 Å². The van der Waals surface area contributed by atoms with E-state index in [9.17, 15) is 9.90 Å². The summed E-state index contributed by atoms with van der Waals surface area (Å²) >= 11 is 0. The predicted molar refractivity (Wildman–Crippen MR) is 119 cm³/mol. The number of rotatable bonds is 8. The minimum atomic E-state index is -0.873. The van der Waals surface area contributed by atoms with E-state index in [0.29, 0.717) is 24.9 Å². The second kappa shape index (κ2) is 10.4. The Morgan fingerprint density at radius 2 is 1.66 bits per heavy atom. The summed E-state index contributed by atoms with van der Waals surface area (Å²) < 4.78 is 11.8. The highest BCUT2D eigenvalue weighted by Gasteiger charge is 2.32. The van der Waals surface area contributed by atoms with Crippen molar-refractivity contribution in [2.75, 3.05) is 0 Å². The van der Waals surface area contributed by atoms with E-state index in [2.05, 4.69) is 10.2 Å². The molecule has 1 heterocycles. The highest BCUT2D eigenvalue weighted by atomic mass is 16.5. The molecule has 1 atom stereocenters. The fourth-order valence-electron chi connectivity index (χ4n) is 4.21. The van der Waals surface area contributed by atoms with Crippen molar-refractivity contribution in [3.8, 4) is 0 Å². The van der Waals surface area contributed by atoms with Gasteiger partial charge in [-0.15, -0.1) is 10.2 Å². The maximum Gasteiger partial charge on any atom is 0.407 e. The van der Waals surface area contributed by atoms with Crippen LogP contribution in [0.1, 0.15) is 67.5 Å². The van der Waals surface area contributed by atoms with Crippen LogP contribution in [0, 0.1) is 0 Å². The van der Waals surface area contributed by atoms with Gasteiger partial charge in [0.1, 0.15) is 6.10 Å². The van der Waals surface area contributed by atoms with E-state index < -0.39 is 6.09 Å². The van der Waals surface area contributed by atoms with Crippen molar-refractivity contribution in [1.29, 1.82) is 0 Å². The van der Waals surface area contributed by atoms with Crippen LogP contribution in [0.2, 0.25) is 0 Å². The Bertz CT molecular complexity index is 985. The van der Waals surface area contributed by atoms with Gasteiger partial charge in [0.05, 0.1) is 6.61 Å². The zero-order valence-corrected chi connectivity index (χ0v) is 18.3. The smallest absolute Gasteiger partial charge is 0.407 e. The molecule has 0 bridgehead atoms. The van der Waals surface area contributed by atoms with Gasteiger partial charge in [-0.2, -0.15) is 0 Å². The number of carboxylic acid groups (broad SMARTS) is 1. The van der Waals surface area contributed by atoms with Crippen LogP contribution in [-0.2, 0) is 17.9 Å². The molecule has 0 unspecified atom stereocenters. The topological polar surface area (TPSA) is 88.7 Å². The normalized spacial score (nSPS) is 19.4. The van der Waals surface area contributed by atoms with Crippen LogP contribution in [0.3, 0.4) is 0 Å². The molecule has 1 saturated carbocycles. The molecular weight excluding hydrogens is 406 g/mol. The zero-order valence-electron chi connectivity index (χ0n) is 18.3. The van der Waals surface area contributed by atoms with Crippen LogP contribution in [0.15, 0.2) is 65.1 Å². The zero-order chi connectivity index (χ0) is 22.3. The van der Waals surface area contributed by atoms with Crippen LogP contribution in [0.4, 0.5) is 4.79 Å². The van der Waals surface area contributed by atoms with Gasteiger partial charge in [0.25, 0.3) is 0 Å². The summed E-state index contributed by atoms with van der Waals surface area (Å²) in [6.07, 6.45) is 2.04. The van der Waals surface area contributed by atoms with E-state index in [0.717, 1.165) is 36.8 Å². The van der Waals surface area contributed by atoms with Gasteiger partial charge < -0.3 is 19.2 Å². The van der Waals surface area contributed by atoms with E-state index in [1.165, 1.54) is 0 Å². The first kappa shape index (κ1) is 22.0. The second-order valence-corrected chi connectivity index (χ2v) is 8.32. The first-order chi connectivity index (χ1) is 15.6. The fraction of sp³-hybridized carbons (Fsp3) is 0.400. The third-order valence-electron chi connectivity index (χ3n) is 6.08. The molecule has 168 valence electrons. The van der Waals surface area contributed by atoms with Crippen LogP contribution >= 0.6 is 0 Å². The Morgan fingerprint density at radius 3 is 2.28 bits per heavy atom. The van der Waals surface area contributed by atoms with Crippen molar-refractivity contribution in [2.24, 2.45) is 0 Å². The van der Waals surface area contributed by atoms with Crippen LogP contribution < -0.4 is 0 Å². The van der Waals surface area contributed by atoms with Gasteiger partial charge in [-0.1, -0.05) is 60.7 Å². The Hall–Kier alpha value is -3.19. The molecular formula is C25H29N3O4. The Kier molecular flexibility index (Phi) is 7.17. The molecule has 7 nitrogen and oxygen atoms in total. The van der Waals surface area contributed by atoms with Gasteiger partial charge in [-0.25, -0.2) is 4.79 Å². The fourth-order valence-corrected chi connectivity index (χ4v) is 4.21. The average Bonchev–Trinajstić information content (AvgIpc) is 3.33. The molecule has 0 radical (unpaired) electrons. The maximum atomic E-state index is 11.9. The van der Waals surface area contributed by atoms with E-state index in [-0.39, 0.29) is 18.1 Å². The first-order valence-corrected chi connectivity index (χ1v) is 11.1. The Labute approximate surface area is 188 Å². The Balaban J connectivity index is 1.31. The van der Waals surface area contributed by atoms with Gasteiger partial charge >= 0.3 is 6.09 Å². The first-order valence-electron chi connectivity index (χ1n) is 11.1. The minimum Gasteiger partial charge on any atom is -0.465 e. The van der Waals surface area contributed by atoms with E-state index in [4.69, 9.17) is 9.15 Å². The van der Waals surface area contributed by atoms with E-state index in [1.807, 2.05) is 67.6 Å². The molecule has 0 saturated heterocycles. The third kappa shape index (κ3) is 5.53. The summed E-state index contributed by atoms with van der Waals surface area (Å²) in [4.78, 5) is 13.4. The minimum absolute atomic E-state index is 0.000484.